The SMILES string of the molecule is Cn1cc(NC2[C@H]3CC[C@H](CC3)[C@@H]2C(=O)O)nc1-c1c[nH]c2ncc(F)cc12. The van der Waals surface area contributed by atoms with Gasteiger partial charge < -0.3 is 20.0 Å². The van der Waals surface area contributed by atoms with Crippen molar-refractivity contribution in [1.29, 1.82) is 0 Å². The summed E-state index contributed by atoms with van der Waals surface area (Å²) in [4.78, 5) is 23.7. The van der Waals surface area contributed by atoms with Crippen LogP contribution < -0.4 is 5.32 Å². The number of carboxylic acids is 1. The van der Waals surface area contributed by atoms with Crippen molar-refractivity contribution < 1.29 is 14.3 Å². The molecule has 0 aliphatic heterocycles. The Labute approximate surface area is 161 Å². The summed E-state index contributed by atoms with van der Waals surface area (Å²) in [5.41, 5.74) is 1.36. The van der Waals surface area contributed by atoms with Crippen LogP contribution in [0.2, 0.25) is 0 Å². The molecule has 2 bridgehead atoms. The Hall–Kier alpha value is -2.90. The van der Waals surface area contributed by atoms with Gasteiger partial charge in [0.25, 0.3) is 0 Å². The number of halogens is 1. The van der Waals surface area contributed by atoms with Crippen LogP contribution in [0.15, 0.2) is 24.7 Å². The first-order valence-corrected chi connectivity index (χ1v) is 9.67. The Morgan fingerprint density at radius 3 is 2.82 bits per heavy atom. The van der Waals surface area contributed by atoms with Crippen molar-refractivity contribution >= 4 is 22.8 Å². The number of anilines is 1. The van der Waals surface area contributed by atoms with E-state index < -0.39 is 11.8 Å². The van der Waals surface area contributed by atoms with Gasteiger partial charge in [-0.2, -0.15) is 0 Å². The summed E-state index contributed by atoms with van der Waals surface area (Å²) in [7, 11) is 1.88. The van der Waals surface area contributed by atoms with E-state index in [0.717, 1.165) is 31.2 Å². The van der Waals surface area contributed by atoms with Crippen LogP contribution in [0.1, 0.15) is 25.7 Å². The minimum atomic E-state index is -0.721. The van der Waals surface area contributed by atoms with Crippen molar-refractivity contribution in [2.24, 2.45) is 24.8 Å². The predicted octanol–water partition coefficient (Wildman–Crippen LogP) is 3.40. The van der Waals surface area contributed by atoms with Crippen molar-refractivity contribution in [2.75, 3.05) is 5.32 Å². The number of hydrogen-bond acceptors (Lipinski definition) is 4. The maximum atomic E-state index is 13.7. The van der Waals surface area contributed by atoms with Crippen molar-refractivity contribution in [1.82, 2.24) is 19.5 Å². The maximum absolute atomic E-state index is 13.7. The van der Waals surface area contributed by atoms with Crippen molar-refractivity contribution in [3.05, 3.63) is 30.5 Å². The molecule has 3 saturated carbocycles. The standard InChI is InChI=1S/C20H22FN5O2/c1-26-9-15(24-17-11-4-2-10(3-5-11)16(17)20(27)28)25-19(26)14-8-23-18-13(14)6-12(21)7-22-18/h6-11,16-17,24H,2-5H2,1H3,(H,22,23)(H,27,28)/t10-,11+,16-,17?/m0/s1. The van der Waals surface area contributed by atoms with Crippen LogP contribution in [0.5, 0.6) is 0 Å². The molecule has 6 rings (SSSR count). The monoisotopic (exact) mass is 383 g/mol. The lowest BCUT2D eigenvalue weighted by atomic mass is 9.61. The lowest BCUT2D eigenvalue weighted by Crippen LogP contribution is -2.51. The van der Waals surface area contributed by atoms with E-state index in [1.54, 1.807) is 6.20 Å². The second-order valence-electron chi connectivity index (χ2n) is 8.02. The Morgan fingerprint density at radius 1 is 1.32 bits per heavy atom. The molecule has 8 heteroatoms. The minimum absolute atomic E-state index is 0.102. The van der Waals surface area contributed by atoms with E-state index in [9.17, 15) is 14.3 Å². The number of aryl methyl sites for hydroxylation is 1. The highest BCUT2D eigenvalue weighted by molar-refractivity contribution is 5.92. The second kappa shape index (κ2) is 6.32. The third-order valence-electron chi connectivity index (χ3n) is 6.43. The van der Waals surface area contributed by atoms with E-state index in [2.05, 4.69) is 15.3 Å². The molecule has 1 unspecified atom stereocenters. The fourth-order valence-corrected chi connectivity index (χ4v) is 5.13. The highest BCUT2D eigenvalue weighted by Gasteiger charge is 2.47. The summed E-state index contributed by atoms with van der Waals surface area (Å²) in [5, 5.41) is 13.8. The molecular weight excluding hydrogens is 361 g/mol. The first kappa shape index (κ1) is 17.2. The van der Waals surface area contributed by atoms with Crippen LogP contribution in [-0.4, -0.2) is 36.6 Å². The number of imidazole rings is 1. The number of nitrogens with one attached hydrogen (secondary N) is 2. The zero-order chi connectivity index (χ0) is 19.4. The zero-order valence-corrected chi connectivity index (χ0v) is 15.5. The van der Waals surface area contributed by atoms with Gasteiger partial charge in [-0.15, -0.1) is 0 Å². The van der Waals surface area contributed by atoms with Gasteiger partial charge in [0.1, 0.15) is 23.1 Å². The zero-order valence-electron chi connectivity index (χ0n) is 15.5. The number of H-pyrrole nitrogens is 1. The summed E-state index contributed by atoms with van der Waals surface area (Å²) in [6.45, 7) is 0. The van der Waals surface area contributed by atoms with Gasteiger partial charge in [0, 0.05) is 36.4 Å². The highest BCUT2D eigenvalue weighted by Crippen LogP contribution is 2.46. The number of fused-ring (bicyclic) bond motifs is 4. The van der Waals surface area contributed by atoms with E-state index in [-0.39, 0.29) is 17.9 Å². The van der Waals surface area contributed by atoms with Crippen LogP contribution in [0, 0.1) is 23.6 Å². The molecule has 3 aromatic heterocycles. The fraction of sp³-hybridized carbons (Fsp3) is 0.450. The molecule has 3 aromatic rings. The molecule has 0 aromatic carbocycles. The Morgan fingerprint density at radius 2 is 2.07 bits per heavy atom. The molecule has 3 heterocycles. The number of rotatable bonds is 4. The number of aliphatic carboxylic acids is 1. The normalized spacial score (nSPS) is 26.6. The Balaban J connectivity index is 1.48. The number of carboxylic acid groups (broad SMARTS) is 1. The van der Waals surface area contributed by atoms with E-state index in [1.165, 1.54) is 12.3 Å². The molecular formula is C20H22FN5O2. The molecule has 7 nitrogen and oxygen atoms in total. The largest absolute Gasteiger partial charge is 0.481 e. The lowest BCUT2D eigenvalue weighted by molar-refractivity contribution is -0.148. The Kier molecular flexibility index (Phi) is 3.89. The lowest BCUT2D eigenvalue weighted by Gasteiger charge is -2.47. The number of pyridine rings is 1. The number of aromatic amines is 1. The molecule has 0 amide bonds. The van der Waals surface area contributed by atoms with E-state index in [4.69, 9.17) is 4.98 Å². The van der Waals surface area contributed by atoms with Crippen LogP contribution >= 0.6 is 0 Å². The van der Waals surface area contributed by atoms with Crippen molar-refractivity contribution in [3.8, 4) is 11.4 Å². The first-order valence-electron chi connectivity index (χ1n) is 9.67. The smallest absolute Gasteiger partial charge is 0.308 e. The number of carbonyl (C=O) groups is 1. The molecule has 3 aliphatic rings. The summed E-state index contributed by atoms with van der Waals surface area (Å²) in [6.07, 6.45) is 8.95. The van der Waals surface area contributed by atoms with Crippen LogP contribution in [0.25, 0.3) is 22.4 Å². The third kappa shape index (κ3) is 2.66. The second-order valence-corrected chi connectivity index (χ2v) is 8.02. The molecule has 146 valence electrons. The minimum Gasteiger partial charge on any atom is -0.481 e. The molecule has 0 radical (unpaired) electrons. The number of hydrogen-bond donors (Lipinski definition) is 3. The van der Waals surface area contributed by atoms with Crippen LogP contribution in [0.4, 0.5) is 10.2 Å². The van der Waals surface area contributed by atoms with Gasteiger partial charge in [-0.3, -0.25) is 4.79 Å². The summed E-state index contributed by atoms with van der Waals surface area (Å²) in [5.74, 6) is 0.441. The highest BCUT2D eigenvalue weighted by atomic mass is 19.1. The van der Waals surface area contributed by atoms with Gasteiger partial charge in [0.05, 0.1) is 12.1 Å². The van der Waals surface area contributed by atoms with E-state index >= 15 is 0 Å². The van der Waals surface area contributed by atoms with Crippen LogP contribution in [-0.2, 0) is 11.8 Å². The maximum Gasteiger partial charge on any atom is 0.308 e. The fourth-order valence-electron chi connectivity index (χ4n) is 5.13. The summed E-state index contributed by atoms with van der Waals surface area (Å²) >= 11 is 0. The molecule has 0 spiro atoms. The van der Waals surface area contributed by atoms with Gasteiger partial charge in [0.15, 0.2) is 0 Å². The average molecular weight is 383 g/mol. The predicted molar refractivity (Wildman–Crippen MR) is 102 cm³/mol. The summed E-state index contributed by atoms with van der Waals surface area (Å²) < 4.78 is 15.5. The average Bonchev–Trinajstić information content (AvgIpc) is 3.24. The van der Waals surface area contributed by atoms with Crippen molar-refractivity contribution in [2.45, 2.75) is 31.7 Å². The number of aromatic nitrogens is 4. The summed E-state index contributed by atoms with van der Waals surface area (Å²) in [6, 6.07) is 1.34. The molecule has 3 fully saturated rings. The van der Waals surface area contributed by atoms with Crippen LogP contribution in [0.3, 0.4) is 0 Å². The topological polar surface area (TPSA) is 95.8 Å². The van der Waals surface area contributed by atoms with Gasteiger partial charge >= 0.3 is 5.97 Å². The van der Waals surface area contributed by atoms with Gasteiger partial charge in [-0.1, -0.05) is 0 Å². The molecule has 0 saturated heterocycles. The van der Waals surface area contributed by atoms with Gasteiger partial charge in [-0.05, 0) is 43.6 Å². The molecule has 2 atom stereocenters. The number of nitrogens with zero attached hydrogens (tertiary/aromatic N) is 3. The van der Waals surface area contributed by atoms with E-state index in [1.807, 2.05) is 17.8 Å². The molecule has 3 N–H and O–H groups in total. The van der Waals surface area contributed by atoms with Gasteiger partial charge in [0.2, 0.25) is 0 Å². The first-order chi connectivity index (χ1) is 13.5. The van der Waals surface area contributed by atoms with E-state index in [0.29, 0.717) is 28.6 Å². The third-order valence-corrected chi connectivity index (χ3v) is 6.43. The quantitative estimate of drug-likeness (QED) is 0.642. The Bertz CT molecular complexity index is 1050. The molecule has 3 aliphatic carbocycles. The molecule has 28 heavy (non-hydrogen) atoms. The van der Waals surface area contributed by atoms with Crippen molar-refractivity contribution in [3.63, 3.8) is 0 Å². The van der Waals surface area contributed by atoms with Gasteiger partial charge in [-0.25, -0.2) is 14.4 Å².